The molecule has 0 heterocycles. The Morgan fingerprint density at radius 1 is 1.24 bits per heavy atom. The summed E-state index contributed by atoms with van der Waals surface area (Å²) in [4.78, 5) is 22.1. The molecule has 0 aromatic carbocycles. The molecule has 1 rings (SSSR count). The molecule has 0 spiro atoms. The smallest absolute Gasteiger partial charge is 0.311 e. The van der Waals surface area contributed by atoms with Crippen molar-refractivity contribution in [1.29, 1.82) is 0 Å². The zero-order valence-corrected chi connectivity index (χ0v) is 10.9. The van der Waals surface area contributed by atoms with Gasteiger partial charge in [0.25, 0.3) is 0 Å². The molecule has 1 saturated carbocycles. The third kappa shape index (κ3) is 4.75. The second-order valence-corrected chi connectivity index (χ2v) is 5.92. The highest BCUT2D eigenvalue weighted by molar-refractivity contribution is 5.76. The lowest BCUT2D eigenvalue weighted by atomic mass is 9.97. The lowest BCUT2D eigenvalue weighted by molar-refractivity contribution is -0.161. The molecule has 1 aliphatic rings. The average Bonchev–Trinajstić information content (AvgIpc) is 2.91. The normalized spacial score (nSPS) is 17.6. The first-order chi connectivity index (χ1) is 7.75. The Hall–Kier alpha value is -1.06. The molecule has 1 fully saturated rings. The van der Waals surface area contributed by atoms with Crippen LogP contribution in [0.4, 0.5) is 0 Å². The Kier molecular flexibility index (Phi) is 4.17. The molecule has 0 aliphatic heterocycles. The number of ether oxygens (including phenoxy) is 1. The van der Waals surface area contributed by atoms with E-state index in [0.717, 1.165) is 25.7 Å². The number of rotatable bonds is 6. The highest BCUT2D eigenvalue weighted by Gasteiger charge is 2.47. The molecular formula is C13H22O4. The number of carbonyl (C=O) groups is 2. The van der Waals surface area contributed by atoms with Gasteiger partial charge in [-0.05, 0) is 52.9 Å². The zero-order valence-electron chi connectivity index (χ0n) is 10.9. The van der Waals surface area contributed by atoms with Crippen LogP contribution in [0, 0.1) is 5.41 Å². The summed E-state index contributed by atoms with van der Waals surface area (Å²) in [6.45, 7) is 5.53. The van der Waals surface area contributed by atoms with Gasteiger partial charge in [0.1, 0.15) is 5.60 Å². The van der Waals surface area contributed by atoms with Crippen molar-refractivity contribution in [1.82, 2.24) is 0 Å². The van der Waals surface area contributed by atoms with Gasteiger partial charge in [-0.15, -0.1) is 0 Å². The number of aliphatic carboxylic acids is 1. The van der Waals surface area contributed by atoms with Crippen LogP contribution >= 0.6 is 0 Å². The molecule has 0 unspecified atom stereocenters. The molecule has 0 saturated heterocycles. The quantitative estimate of drug-likeness (QED) is 0.574. The van der Waals surface area contributed by atoms with Crippen molar-refractivity contribution >= 4 is 11.9 Å². The van der Waals surface area contributed by atoms with E-state index in [-0.39, 0.29) is 18.0 Å². The lowest BCUT2D eigenvalue weighted by Gasteiger charge is -2.23. The average molecular weight is 242 g/mol. The van der Waals surface area contributed by atoms with E-state index < -0.39 is 11.4 Å². The maximum Gasteiger partial charge on any atom is 0.311 e. The highest BCUT2D eigenvalue weighted by Crippen LogP contribution is 2.45. The summed E-state index contributed by atoms with van der Waals surface area (Å²) in [5.74, 6) is -0.922. The van der Waals surface area contributed by atoms with Crippen molar-refractivity contribution in [2.45, 2.75) is 64.9 Å². The summed E-state index contributed by atoms with van der Waals surface area (Å²) in [6, 6.07) is 0. The van der Waals surface area contributed by atoms with Crippen LogP contribution in [0.2, 0.25) is 0 Å². The van der Waals surface area contributed by atoms with Crippen LogP contribution in [0.3, 0.4) is 0 Å². The van der Waals surface area contributed by atoms with E-state index in [9.17, 15) is 9.59 Å². The van der Waals surface area contributed by atoms with E-state index in [1.54, 1.807) is 0 Å². The van der Waals surface area contributed by atoms with Gasteiger partial charge in [-0.3, -0.25) is 9.59 Å². The minimum atomic E-state index is -0.762. The van der Waals surface area contributed by atoms with Crippen molar-refractivity contribution in [3.8, 4) is 0 Å². The second-order valence-electron chi connectivity index (χ2n) is 5.92. The van der Waals surface area contributed by atoms with E-state index in [1.807, 2.05) is 20.8 Å². The zero-order chi connectivity index (χ0) is 13.1. The number of esters is 1. The first kappa shape index (κ1) is 14.0. The minimum absolute atomic E-state index is 0.159. The predicted molar refractivity (Wildman–Crippen MR) is 63.6 cm³/mol. The largest absolute Gasteiger partial charge is 0.481 e. The Morgan fingerprint density at radius 3 is 2.24 bits per heavy atom. The van der Waals surface area contributed by atoms with Crippen molar-refractivity contribution < 1.29 is 19.4 Å². The Labute approximate surface area is 102 Å². The van der Waals surface area contributed by atoms with Crippen molar-refractivity contribution in [2.75, 3.05) is 0 Å². The van der Waals surface area contributed by atoms with Gasteiger partial charge in [0.15, 0.2) is 0 Å². The fraction of sp³-hybridized carbons (Fsp3) is 0.846. The van der Waals surface area contributed by atoms with E-state index in [1.165, 1.54) is 0 Å². The first-order valence-electron chi connectivity index (χ1n) is 6.20. The summed E-state index contributed by atoms with van der Waals surface area (Å²) in [5, 5.41) is 8.53. The Balaban J connectivity index is 2.28. The molecule has 0 aromatic rings. The molecule has 0 radical (unpaired) electrons. The van der Waals surface area contributed by atoms with Crippen LogP contribution < -0.4 is 0 Å². The van der Waals surface area contributed by atoms with Gasteiger partial charge in [-0.1, -0.05) is 0 Å². The molecule has 4 nitrogen and oxygen atoms in total. The van der Waals surface area contributed by atoms with Gasteiger partial charge in [0.2, 0.25) is 0 Å². The summed E-state index contributed by atoms with van der Waals surface area (Å²) in [7, 11) is 0. The number of carbonyl (C=O) groups excluding carboxylic acids is 1. The molecule has 1 N–H and O–H groups in total. The summed E-state index contributed by atoms with van der Waals surface area (Å²) in [6.07, 6.45) is 4.29. The number of hydrogen-bond donors (Lipinski definition) is 1. The lowest BCUT2D eigenvalue weighted by Crippen LogP contribution is -2.29. The number of unbranched alkanes of at least 4 members (excludes halogenated alkanes) is 1. The van der Waals surface area contributed by atoms with Crippen LogP contribution in [0.25, 0.3) is 0 Å². The topological polar surface area (TPSA) is 63.6 Å². The standard InChI is InChI=1S/C13H22O4/c1-12(2,3)11(16)17-13(8-9-13)7-5-4-6-10(14)15/h4-9H2,1-3H3,(H,14,15). The maximum atomic E-state index is 11.7. The Bertz CT molecular complexity index is 297. The number of carboxylic acid groups (broad SMARTS) is 1. The monoisotopic (exact) mass is 242 g/mol. The van der Waals surface area contributed by atoms with E-state index in [2.05, 4.69) is 0 Å². The minimum Gasteiger partial charge on any atom is -0.481 e. The SMILES string of the molecule is CC(C)(C)C(=O)OC1(CCCCC(=O)O)CC1. The predicted octanol–water partition coefficient (Wildman–Crippen LogP) is 2.75. The van der Waals surface area contributed by atoms with Gasteiger partial charge in [-0.2, -0.15) is 0 Å². The molecule has 17 heavy (non-hydrogen) atoms. The Morgan fingerprint density at radius 2 is 1.82 bits per heavy atom. The number of hydrogen-bond acceptors (Lipinski definition) is 3. The van der Waals surface area contributed by atoms with Crippen LogP contribution in [0.1, 0.15) is 59.3 Å². The fourth-order valence-corrected chi connectivity index (χ4v) is 1.62. The van der Waals surface area contributed by atoms with E-state index >= 15 is 0 Å². The first-order valence-corrected chi connectivity index (χ1v) is 6.20. The summed E-state index contributed by atoms with van der Waals surface area (Å²) < 4.78 is 5.53. The number of carboxylic acids is 1. The van der Waals surface area contributed by atoms with Crippen LogP contribution in [0.5, 0.6) is 0 Å². The molecule has 4 heteroatoms. The molecule has 0 amide bonds. The van der Waals surface area contributed by atoms with Crippen molar-refractivity contribution in [3.05, 3.63) is 0 Å². The van der Waals surface area contributed by atoms with Gasteiger partial charge >= 0.3 is 11.9 Å². The molecule has 0 aromatic heterocycles. The third-order valence-corrected chi connectivity index (χ3v) is 3.00. The van der Waals surface area contributed by atoms with Crippen LogP contribution in [0.15, 0.2) is 0 Å². The van der Waals surface area contributed by atoms with E-state index in [4.69, 9.17) is 9.84 Å². The van der Waals surface area contributed by atoms with Crippen LogP contribution in [-0.2, 0) is 14.3 Å². The molecule has 1 aliphatic carbocycles. The second kappa shape index (κ2) is 5.07. The molecular weight excluding hydrogens is 220 g/mol. The molecule has 98 valence electrons. The van der Waals surface area contributed by atoms with Gasteiger partial charge in [-0.25, -0.2) is 0 Å². The van der Waals surface area contributed by atoms with Crippen molar-refractivity contribution in [2.24, 2.45) is 5.41 Å². The van der Waals surface area contributed by atoms with Gasteiger partial charge < -0.3 is 9.84 Å². The fourth-order valence-electron chi connectivity index (χ4n) is 1.62. The molecule has 0 atom stereocenters. The van der Waals surface area contributed by atoms with E-state index in [0.29, 0.717) is 6.42 Å². The maximum absolute atomic E-state index is 11.7. The van der Waals surface area contributed by atoms with Crippen molar-refractivity contribution in [3.63, 3.8) is 0 Å². The summed E-state index contributed by atoms with van der Waals surface area (Å²) >= 11 is 0. The van der Waals surface area contributed by atoms with Crippen LogP contribution in [-0.4, -0.2) is 22.6 Å². The third-order valence-electron chi connectivity index (χ3n) is 3.00. The van der Waals surface area contributed by atoms with Gasteiger partial charge in [0.05, 0.1) is 5.41 Å². The molecule has 0 bridgehead atoms. The highest BCUT2D eigenvalue weighted by atomic mass is 16.6. The summed E-state index contributed by atoms with van der Waals surface area (Å²) in [5.41, 5.74) is -0.737. The van der Waals surface area contributed by atoms with Gasteiger partial charge in [0, 0.05) is 6.42 Å².